The number of thiazole rings is 1. The summed E-state index contributed by atoms with van der Waals surface area (Å²) >= 11 is 8.90. The number of rotatable bonds is 4. The zero-order valence-electron chi connectivity index (χ0n) is 17.4. The fourth-order valence-corrected chi connectivity index (χ4v) is 6.78. The molecule has 1 aromatic heterocycles. The summed E-state index contributed by atoms with van der Waals surface area (Å²) in [6.45, 7) is 3.72. The second-order valence-corrected chi connectivity index (χ2v) is 11.5. The van der Waals surface area contributed by atoms with Crippen LogP contribution in [0.4, 0.5) is 0 Å². The summed E-state index contributed by atoms with van der Waals surface area (Å²) in [6, 6.07) is 10.5. The second kappa shape index (κ2) is 10.0. The van der Waals surface area contributed by atoms with Gasteiger partial charge in [0.05, 0.1) is 32.0 Å². The van der Waals surface area contributed by atoms with E-state index in [4.69, 9.17) is 4.74 Å². The standard InChI is InChI=1S/C23H17BrI2N2O4S/c1-3-32-22(31)18-11(2)27-23-28(19(18)12-4-6-14(24)7-5-12)21(30)17(33-23)9-13-8-15(25)10-16(26)20(13)29/h4-10,19,29H,3H2,1-2H3/b17-9-/t19-/m1/s1. The Hall–Kier alpha value is -1.51. The molecule has 0 fully saturated rings. The molecule has 0 spiro atoms. The maximum atomic E-state index is 13.6. The molecule has 1 aliphatic heterocycles. The van der Waals surface area contributed by atoms with Crippen LogP contribution in [-0.4, -0.2) is 22.2 Å². The Balaban J connectivity index is 1.98. The summed E-state index contributed by atoms with van der Waals surface area (Å²) in [4.78, 5) is 31.5. The first-order chi connectivity index (χ1) is 15.7. The van der Waals surface area contributed by atoms with E-state index in [9.17, 15) is 14.7 Å². The highest BCUT2D eigenvalue weighted by atomic mass is 127. The lowest BCUT2D eigenvalue weighted by atomic mass is 9.96. The maximum absolute atomic E-state index is 13.6. The molecule has 33 heavy (non-hydrogen) atoms. The molecule has 0 saturated heterocycles. The van der Waals surface area contributed by atoms with E-state index in [0.717, 1.165) is 13.6 Å². The summed E-state index contributed by atoms with van der Waals surface area (Å²) in [6.07, 6.45) is 1.67. The number of esters is 1. The SMILES string of the molecule is CCOC(=O)C1=C(C)N=c2s/c(=C\c3cc(I)cc(I)c3O)c(=O)n2[C@@H]1c1ccc(Br)cc1. The number of nitrogens with zero attached hydrogens (tertiary/aromatic N) is 2. The predicted molar refractivity (Wildman–Crippen MR) is 148 cm³/mol. The van der Waals surface area contributed by atoms with Crippen molar-refractivity contribution in [2.45, 2.75) is 19.9 Å². The Morgan fingerprint density at radius 1 is 1.30 bits per heavy atom. The number of hydrogen-bond acceptors (Lipinski definition) is 6. The van der Waals surface area contributed by atoms with Crippen LogP contribution in [0.15, 0.2) is 61.9 Å². The molecule has 0 aliphatic carbocycles. The predicted octanol–water partition coefficient (Wildman–Crippen LogP) is 4.48. The molecular weight excluding hydrogens is 734 g/mol. The molecule has 3 aromatic rings. The van der Waals surface area contributed by atoms with Crippen LogP contribution >= 0.6 is 72.4 Å². The zero-order valence-corrected chi connectivity index (χ0v) is 24.2. The first-order valence-electron chi connectivity index (χ1n) is 9.84. The topological polar surface area (TPSA) is 80.9 Å². The molecule has 0 amide bonds. The third-order valence-electron chi connectivity index (χ3n) is 5.05. The van der Waals surface area contributed by atoms with Crippen LogP contribution in [0.25, 0.3) is 6.08 Å². The van der Waals surface area contributed by atoms with E-state index in [0.29, 0.717) is 29.7 Å². The molecule has 1 aliphatic rings. The Kier molecular flexibility index (Phi) is 7.46. The molecule has 0 saturated carbocycles. The molecule has 2 heterocycles. The molecule has 170 valence electrons. The average Bonchev–Trinajstić information content (AvgIpc) is 3.06. The van der Waals surface area contributed by atoms with Gasteiger partial charge in [-0.15, -0.1) is 0 Å². The van der Waals surface area contributed by atoms with Crippen LogP contribution in [0.5, 0.6) is 5.75 Å². The van der Waals surface area contributed by atoms with Crippen molar-refractivity contribution in [3.63, 3.8) is 0 Å². The van der Waals surface area contributed by atoms with E-state index < -0.39 is 12.0 Å². The number of hydrogen-bond donors (Lipinski definition) is 1. The first-order valence-corrected chi connectivity index (χ1v) is 13.6. The summed E-state index contributed by atoms with van der Waals surface area (Å²) in [5, 5.41) is 10.5. The fourth-order valence-electron chi connectivity index (χ4n) is 3.59. The molecule has 0 unspecified atom stereocenters. The van der Waals surface area contributed by atoms with E-state index in [2.05, 4.69) is 66.1 Å². The van der Waals surface area contributed by atoms with E-state index in [1.54, 1.807) is 19.9 Å². The normalized spacial score (nSPS) is 15.9. The number of phenols is 1. The third-order valence-corrected chi connectivity index (χ3v) is 8.00. The van der Waals surface area contributed by atoms with Gasteiger partial charge in [-0.1, -0.05) is 39.4 Å². The summed E-state index contributed by atoms with van der Waals surface area (Å²) in [5.41, 5.74) is 1.90. The Morgan fingerprint density at radius 2 is 2.00 bits per heavy atom. The minimum atomic E-state index is -0.666. The van der Waals surface area contributed by atoms with Crippen LogP contribution in [-0.2, 0) is 9.53 Å². The first kappa shape index (κ1) is 24.6. The molecule has 6 nitrogen and oxygen atoms in total. The van der Waals surface area contributed by atoms with Crippen LogP contribution in [0.1, 0.15) is 31.0 Å². The molecule has 1 atom stereocenters. The highest BCUT2D eigenvalue weighted by Gasteiger charge is 2.33. The van der Waals surface area contributed by atoms with Gasteiger partial charge in [-0.25, -0.2) is 9.79 Å². The lowest BCUT2D eigenvalue weighted by Gasteiger charge is -2.24. The highest BCUT2D eigenvalue weighted by Crippen LogP contribution is 2.31. The van der Waals surface area contributed by atoms with E-state index >= 15 is 0 Å². The quantitative estimate of drug-likeness (QED) is 0.316. The number of carbonyl (C=O) groups is 1. The molecular formula is C23H17BrI2N2O4S. The number of fused-ring (bicyclic) bond motifs is 1. The Morgan fingerprint density at radius 3 is 2.67 bits per heavy atom. The highest BCUT2D eigenvalue weighted by molar-refractivity contribution is 14.1. The van der Waals surface area contributed by atoms with Crippen molar-refractivity contribution in [2.24, 2.45) is 4.99 Å². The van der Waals surface area contributed by atoms with Gasteiger partial charge in [0, 0.05) is 13.6 Å². The largest absolute Gasteiger partial charge is 0.506 e. The van der Waals surface area contributed by atoms with E-state index in [1.165, 1.54) is 15.9 Å². The van der Waals surface area contributed by atoms with Crippen molar-refractivity contribution in [3.8, 4) is 5.75 Å². The van der Waals surface area contributed by atoms with Gasteiger partial charge < -0.3 is 9.84 Å². The monoisotopic (exact) mass is 750 g/mol. The molecule has 4 rings (SSSR count). The minimum absolute atomic E-state index is 0.120. The minimum Gasteiger partial charge on any atom is -0.506 e. The lowest BCUT2D eigenvalue weighted by molar-refractivity contribution is -0.139. The van der Waals surface area contributed by atoms with Gasteiger partial charge in [0.15, 0.2) is 4.80 Å². The van der Waals surface area contributed by atoms with Crippen molar-refractivity contribution >= 4 is 84.5 Å². The number of phenolic OH excluding ortho intramolecular Hbond substituents is 1. The molecule has 0 bridgehead atoms. The van der Waals surface area contributed by atoms with Gasteiger partial charge in [0.2, 0.25) is 0 Å². The third kappa shape index (κ3) is 4.84. The van der Waals surface area contributed by atoms with Crippen molar-refractivity contribution in [3.05, 3.63) is 90.1 Å². The molecule has 2 aromatic carbocycles. The van der Waals surface area contributed by atoms with Crippen LogP contribution in [0.2, 0.25) is 0 Å². The number of halogens is 3. The van der Waals surface area contributed by atoms with Crippen LogP contribution < -0.4 is 14.9 Å². The van der Waals surface area contributed by atoms with Crippen LogP contribution in [0, 0.1) is 7.14 Å². The van der Waals surface area contributed by atoms with Crippen LogP contribution in [0.3, 0.4) is 0 Å². The number of benzene rings is 2. The van der Waals surface area contributed by atoms with Crippen molar-refractivity contribution in [1.29, 1.82) is 0 Å². The smallest absolute Gasteiger partial charge is 0.338 e. The van der Waals surface area contributed by atoms with Gasteiger partial charge in [-0.05, 0) is 94.9 Å². The summed E-state index contributed by atoms with van der Waals surface area (Å²) in [7, 11) is 0. The fraction of sp³-hybridized carbons (Fsp3) is 0.174. The number of aromatic hydroxyl groups is 1. The van der Waals surface area contributed by atoms with Gasteiger partial charge >= 0.3 is 5.97 Å². The van der Waals surface area contributed by atoms with Gasteiger partial charge in [0.1, 0.15) is 5.75 Å². The van der Waals surface area contributed by atoms with E-state index in [-0.39, 0.29) is 17.9 Å². The zero-order chi connectivity index (χ0) is 23.9. The number of ether oxygens (including phenoxy) is 1. The van der Waals surface area contributed by atoms with Crippen molar-refractivity contribution in [2.75, 3.05) is 6.61 Å². The number of allylic oxidation sites excluding steroid dienone is 1. The molecule has 0 radical (unpaired) electrons. The van der Waals surface area contributed by atoms with Gasteiger partial charge in [0.25, 0.3) is 5.56 Å². The lowest BCUT2D eigenvalue weighted by Crippen LogP contribution is -2.39. The van der Waals surface area contributed by atoms with Crippen molar-refractivity contribution < 1.29 is 14.6 Å². The average molecular weight is 751 g/mol. The number of aromatic nitrogens is 1. The van der Waals surface area contributed by atoms with E-state index in [1.807, 2.05) is 36.4 Å². The van der Waals surface area contributed by atoms with Gasteiger partial charge in [-0.2, -0.15) is 0 Å². The Labute approximate surface area is 229 Å². The second-order valence-electron chi connectivity index (χ2n) is 7.18. The molecule has 10 heteroatoms. The summed E-state index contributed by atoms with van der Waals surface area (Å²) < 4.78 is 9.80. The summed E-state index contributed by atoms with van der Waals surface area (Å²) in [5.74, 6) is -0.375. The maximum Gasteiger partial charge on any atom is 0.338 e. The van der Waals surface area contributed by atoms with Crippen molar-refractivity contribution in [1.82, 2.24) is 4.57 Å². The van der Waals surface area contributed by atoms with Gasteiger partial charge in [-0.3, -0.25) is 9.36 Å². The number of carbonyl (C=O) groups excluding carboxylic acids is 1. The molecule has 1 N–H and O–H groups in total. The Bertz CT molecular complexity index is 1480.